The lowest BCUT2D eigenvalue weighted by Crippen LogP contribution is -2.05. The molecule has 3 rings (SSSR count). The Balaban J connectivity index is 2.14. The van der Waals surface area contributed by atoms with E-state index in [1.54, 1.807) is 6.33 Å². The van der Waals surface area contributed by atoms with Crippen LogP contribution in [0.5, 0.6) is 0 Å². The summed E-state index contributed by atoms with van der Waals surface area (Å²) in [6, 6.07) is 6.09. The van der Waals surface area contributed by atoms with Crippen LogP contribution in [0.2, 0.25) is 0 Å². The first-order chi connectivity index (χ1) is 6.95. The van der Waals surface area contributed by atoms with E-state index >= 15 is 0 Å². The summed E-state index contributed by atoms with van der Waals surface area (Å²) < 4.78 is 7.28. The molecular formula is C10H11N3O. The number of pyridine rings is 1. The molecule has 2 aromatic heterocycles. The van der Waals surface area contributed by atoms with Crippen LogP contribution in [0.15, 0.2) is 24.5 Å². The summed E-state index contributed by atoms with van der Waals surface area (Å²) in [6.07, 6.45) is 2.67. The molecule has 0 saturated carbocycles. The molecule has 72 valence electrons. The van der Waals surface area contributed by atoms with Gasteiger partial charge in [0, 0.05) is 18.2 Å². The molecule has 1 aliphatic rings. The normalized spacial score (nSPS) is 21.9. The molecule has 0 amide bonds. The molecule has 0 N–H and O–H groups in total. The first kappa shape index (κ1) is 7.94. The fourth-order valence-electron chi connectivity index (χ4n) is 1.94. The zero-order valence-electron chi connectivity index (χ0n) is 7.76. The van der Waals surface area contributed by atoms with Crippen LogP contribution in [-0.4, -0.2) is 27.8 Å². The zero-order valence-corrected chi connectivity index (χ0v) is 7.76. The molecule has 0 spiro atoms. The van der Waals surface area contributed by atoms with Gasteiger partial charge in [-0.1, -0.05) is 6.07 Å². The molecule has 4 nitrogen and oxygen atoms in total. The zero-order chi connectivity index (χ0) is 9.38. The predicted octanol–water partition coefficient (Wildman–Crippen LogP) is 1.23. The molecular weight excluding hydrogens is 178 g/mol. The molecule has 1 unspecified atom stereocenters. The highest BCUT2D eigenvalue weighted by Crippen LogP contribution is 2.24. The lowest BCUT2D eigenvalue weighted by atomic mass is 10.0. The monoisotopic (exact) mass is 189 g/mol. The van der Waals surface area contributed by atoms with Crippen molar-refractivity contribution in [3.05, 3.63) is 30.2 Å². The minimum absolute atomic E-state index is 0.473. The molecule has 1 fully saturated rings. The van der Waals surface area contributed by atoms with Crippen molar-refractivity contribution < 1.29 is 4.74 Å². The highest BCUT2D eigenvalue weighted by atomic mass is 16.5. The topological polar surface area (TPSA) is 39.4 Å². The maximum absolute atomic E-state index is 5.38. The molecule has 0 aromatic carbocycles. The van der Waals surface area contributed by atoms with E-state index in [0.29, 0.717) is 5.92 Å². The molecule has 0 aliphatic carbocycles. The highest BCUT2D eigenvalue weighted by Gasteiger charge is 2.20. The van der Waals surface area contributed by atoms with E-state index in [9.17, 15) is 0 Å². The van der Waals surface area contributed by atoms with Crippen molar-refractivity contribution in [3.63, 3.8) is 0 Å². The molecule has 3 heterocycles. The number of aromatic nitrogens is 3. The van der Waals surface area contributed by atoms with Crippen molar-refractivity contribution in [3.8, 4) is 0 Å². The molecule has 0 radical (unpaired) electrons. The first-order valence-electron chi connectivity index (χ1n) is 4.81. The number of fused-ring (bicyclic) bond motifs is 1. The van der Waals surface area contributed by atoms with Crippen LogP contribution in [-0.2, 0) is 4.74 Å². The van der Waals surface area contributed by atoms with Gasteiger partial charge in [-0.05, 0) is 18.6 Å². The van der Waals surface area contributed by atoms with Gasteiger partial charge in [0.15, 0.2) is 5.65 Å². The fourth-order valence-corrected chi connectivity index (χ4v) is 1.94. The van der Waals surface area contributed by atoms with Gasteiger partial charge in [-0.15, -0.1) is 0 Å². The standard InChI is InChI=1S/C10H11N3O/c1-2-9(8-4-5-14-6-8)13-10(3-1)11-7-12-13/h1-3,7-8H,4-6H2. The fraction of sp³-hybridized carbons (Fsp3) is 0.400. The van der Waals surface area contributed by atoms with Crippen molar-refractivity contribution >= 4 is 5.65 Å². The van der Waals surface area contributed by atoms with Crippen LogP contribution < -0.4 is 0 Å². The Kier molecular flexibility index (Phi) is 1.73. The Labute approximate surface area is 81.5 Å². The largest absolute Gasteiger partial charge is 0.381 e. The van der Waals surface area contributed by atoms with Crippen molar-refractivity contribution in [2.45, 2.75) is 12.3 Å². The summed E-state index contributed by atoms with van der Waals surface area (Å²) in [5.74, 6) is 0.473. The average molecular weight is 189 g/mol. The summed E-state index contributed by atoms with van der Waals surface area (Å²) in [6.45, 7) is 1.66. The second-order valence-electron chi connectivity index (χ2n) is 3.54. The number of hydrogen-bond acceptors (Lipinski definition) is 3. The third-order valence-electron chi connectivity index (χ3n) is 2.68. The minimum Gasteiger partial charge on any atom is -0.381 e. The van der Waals surface area contributed by atoms with Crippen LogP contribution >= 0.6 is 0 Å². The van der Waals surface area contributed by atoms with Crippen LogP contribution in [0.3, 0.4) is 0 Å². The molecule has 0 bridgehead atoms. The van der Waals surface area contributed by atoms with Crippen LogP contribution in [0, 0.1) is 0 Å². The molecule has 4 heteroatoms. The van der Waals surface area contributed by atoms with E-state index in [-0.39, 0.29) is 0 Å². The van der Waals surface area contributed by atoms with E-state index in [1.165, 1.54) is 5.69 Å². The number of nitrogens with zero attached hydrogens (tertiary/aromatic N) is 3. The van der Waals surface area contributed by atoms with Gasteiger partial charge in [-0.3, -0.25) is 0 Å². The van der Waals surface area contributed by atoms with E-state index in [2.05, 4.69) is 16.1 Å². The highest BCUT2D eigenvalue weighted by molar-refractivity contribution is 5.38. The summed E-state index contributed by atoms with van der Waals surface area (Å²) in [5, 5.41) is 4.21. The van der Waals surface area contributed by atoms with Gasteiger partial charge in [0.25, 0.3) is 0 Å². The number of hydrogen-bond donors (Lipinski definition) is 0. The molecule has 2 aromatic rings. The Bertz CT molecular complexity index is 445. The predicted molar refractivity (Wildman–Crippen MR) is 51.2 cm³/mol. The second-order valence-corrected chi connectivity index (χ2v) is 3.54. The Hall–Kier alpha value is -1.42. The van der Waals surface area contributed by atoms with E-state index < -0.39 is 0 Å². The Morgan fingerprint density at radius 2 is 2.43 bits per heavy atom. The van der Waals surface area contributed by atoms with Crippen molar-refractivity contribution in [1.29, 1.82) is 0 Å². The SMILES string of the molecule is c1cc(C2CCOC2)n2ncnc2c1. The van der Waals surface area contributed by atoms with Gasteiger partial charge in [-0.2, -0.15) is 5.10 Å². The smallest absolute Gasteiger partial charge is 0.155 e. The lowest BCUT2D eigenvalue weighted by molar-refractivity contribution is 0.193. The summed E-state index contributed by atoms with van der Waals surface area (Å²) in [7, 11) is 0. The van der Waals surface area contributed by atoms with Crippen molar-refractivity contribution in [2.75, 3.05) is 13.2 Å². The van der Waals surface area contributed by atoms with Crippen LogP contribution in [0.1, 0.15) is 18.0 Å². The van der Waals surface area contributed by atoms with E-state index in [1.807, 2.05) is 16.6 Å². The first-order valence-corrected chi connectivity index (χ1v) is 4.81. The molecule has 14 heavy (non-hydrogen) atoms. The maximum atomic E-state index is 5.38. The molecule has 1 aliphatic heterocycles. The third-order valence-corrected chi connectivity index (χ3v) is 2.68. The third kappa shape index (κ3) is 1.11. The number of ether oxygens (including phenoxy) is 1. The Morgan fingerprint density at radius 3 is 3.29 bits per heavy atom. The quantitative estimate of drug-likeness (QED) is 0.677. The average Bonchev–Trinajstić information content (AvgIpc) is 2.88. The van der Waals surface area contributed by atoms with E-state index in [4.69, 9.17) is 4.74 Å². The maximum Gasteiger partial charge on any atom is 0.155 e. The van der Waals surface area contributed by atoms with E-state index in [0.717, 1.165) is 25.3 Å². The van der Waals surface area contributed by atoms with Crippen LogP contribution in [0.4, 0.5) is 0 Å². The van der Waals surface area contributed by atoms with Gasteiger partial charge >= 0.3 is 0 Å². The summed E-state index contributed by atoms with van der Waals surface area (Å²) >= 11 is 0. The van der Waals surface area contributed by atoms with Crippen molar-refractivity contribution in [2.24, 2.45) is 0 Å². The van der Waals surface area contributed by atoms with Gasteiger partial charge in [-0.25, -0.2) is 9.50 Å². The van der Waals surface area contributed by atoms with Gasteiger partial charge in [0.2, 0.25) is 0 Å². The van der Waals surface area contributed by atoms with Gasteiger partial charge in [0.05, 0.1) is 6.61 Å². The Morgan fingerprint density at radius 1 is 1.43 bits per heavy atom. The van der Waals surface area contributed by atoms with Gasteiger partial charge < -0.3 is 4.74 Å². The second kappa shape index (κ2) is 3.06. The molecule has 1 atom stereocenters. The van der Waals surface area contributed by atoms with Gasteiger partial charge in [0.1, 0.15) is 6.33 Å². The minimum atomic E-state index is 0.473. The molecule has 1 saturated heterocycles. The summed E-state index contributed by atoms with van der Waals surface area (Å²) in [4.78, 5) is 4.16. The lowest BCUT2D eigenvalue weighted by Gasteiger charge is -2.08. The summed E-state index contributed by atoms with van der Waals surface area (Å²) in [5.41, 5.74) is 2.12. The number of rotatable bonds is 1. The van der Waals surface area contributed by atoms with Crippen molar-refractivity contribution in [1.82, 2.24) is 14.6 Å². The van der Waals surface area contributed by atoms with Crippen LogP contribution in [0.25, 0.3) is 5.65 Å².